The summed E-state index contributed by atoms with van der Waals surface area (Å²) < 4.78 is 11.3. The fourth-order valence-electron chi connectivity index (χ4n) is 2.00. The van der Waals surface area contributed by atoms with Gasteiger partial charge in [0.1, 0.15) is 0 Å². The van der Waals surface area contributed by atoms with Gasteiger partial charge in [0, 0.05) is 21.8 Å². The van der Waals surface area contributed by atoms with Gasteiger partial charge in [0.2, 0.25) is 0 Å². The summed E-state index contributed by atoms with van der Waals surface area (Å²) in [6.07, 6.45) is 1.77. The molecule has 20 heavy (non-hydrogen) atoms. The van der Waals surface area contributed by atoms with Crippen molar-refractivity contribution in [1.29, 1.82) is 0 Å². The first kappa shape index (κ1) is 13.1. The molecule has 0 aromatic heterocycles. The van der Waals surface area contributed by atoms with Gasteiger partial charge in [-0.05, 0) is 24.3 Å². The first-order valence-electron chi connectivity index (χ1n) is 6.48. The van der Waals surface area contributed by atoms with E-state index < -0.39 is 0 Å². The normalized spacial score (nSPS) is 13.6. The molecule has 0 saturated heterocycles. The standard InChI is InChI=1S/C16H14O3S/c17-11-12-4-1-2-5-16(12)20-13-6-7-14-15(10-13)19-9-3-8-18-14/h1-2,4-7,10-11H,3,8-9H2. The minimum Gasteiger partial charge on any atom is -0.490 e. The van der Waals surface area contributed by atoms with E-state index in [0.717, 1.165) is 34.0 Å². The van der Waals surface area contributed by atoms with Crippen LogP contribution in [0.25, 0.3) is 0 Å². The first-order chi connectivity index (χ1) is 9.86. The average Bonchev–Trinajstić information content (AvgIpc) is 2.72. The van der Waals surface area contributed by atoms with Gasteiger partial charge in [-0.2, -0.15) is 0 Å². The maximum absolute atomic E-state index is 11.0. The Balaban J connectivity index is 1.88. The van der Waals surface area contributed by atoms with E-state index in [1.54, 1.807) is 11.8 Å². The van der Waals surface area contributed by atoms with Crippen LogP contribution >= 0.6 is 11.8 Å². The number of hydrogen-bond donors (Lipinski definition) is 0. The van der Waals surface area contributed by atoms with Crippen molar-refractivity contribution in [3.63, 3.8) is 0 Å². The maximum Gasteiger partial charge on any atom is 0.162 e. The van der Waals surface area contributed by atoms with Gasteiger partial charge in [-0.15, -0.1) is 0 Å². The highest BCUT2D eigenvalue weighted by molar-refractivity contribution is 7.99. The molecule has 0 radical (unpaired) electrons. The predicted molar refractivity (Wildman–Crippen MR) is 78.0 cm³/mol. The Bertz CT molecular complexity index is 625. The van der Waals surface area contributed by atoms with Gasteiger partial charge in [-0.25, -0.2) is 0 Å². The summed E-state index contributed by atoms with van der Waals surface area (Å²) in [5, 5.41) is 0. The fourth-order valence-corrected chi connectivity index (χ4v) is 2.94. The van der Waals surface area contributed by atoms with Gasteiger partial charge in [0.15, 0.2) is 17.8 Å². The van der Waals surface area contributed by atoms with Crippen molar-refractivity contribution in [2.45, 2.75) is 16.2 Å². The molecule has 3 nitrogen and oxygen atoms in total. The van der Waals surface area contributed by atoms with Crippen molar-refractivity contribution < 1.29 is 14.3 Å². The molecule has 0 bridgehead atoms. The van der Waals surface area contributed by atoms with Crippen LogP contribution in [0.1, 0.15) is 16.8 Å². The van der Waals surface area contributed by atoms with Crippen LogP contribution in [-0.4, -0.2) is 19.5 Å². The SMILES string of the molecule is O=Cc1ccccc1Sc1ccc2c(c1)OCCCO2. The molecule has 4 heteroatoms. The van der Waals surface area contributed by atoms with Crippen molar-refractivity contribution in [2.75, 3.05) is 13.2 Å². The van der Waals surface area contributed by atoms with Crippen LogP contribution in [0.3, 0.4) is 0 Å². The lowest BCUT2D eigenvalue weighted by Crippen LogP contribution is -1.97. The largest absolute Gasteiger partial charge is 0.490 e. The molecule has 0 amide bonds. The van der Waals surface area contributed by atoms with Crippen molar-refractivity contribution in [2.24, 2.45) is 0 Å². The Morgan fingerprint density at radius 1 is 1.00 bits per heavy atom. The van der Waals surface area contributed by atoms with E-state index in [1.807, 2.05) is 42.5 Å². The molecule has 1 heterocycles. The molecule has 0 atom stereocenters. The van der Waals surface area contributed by atoms with Crippen LogP contribution in [0.2, 0.25) is 0 Å². The zero-order valence-electron chi connectivity index (χ0n) is 10.9. The number of hydrogen-bond acceptors (Lipinski definition) is 4. The number of carbonyl (C=O) groups excluding carboxylic acids is 1. The van der Waals surface area contributed by atoms with Gasteiger partial charge in [0.25, 0.3) is 0 Å². The topological polar surface area (TPSA) is 35.5 Å². The van der Waals surface area contributed by atoms with E-state index in [0.29, 0.717) is 18.8 Å². The van der Waals surface area contributed by atoms with Crippen LogP contribution in [-0.2, 0) is 0 Å². The third kappa shape index (κ3) is 2.80. The lowest BCUT2D eigenvalue weighted by Gasteiger charge is -2.09. The number of carbonyl (C=O) groups is 1. The van der Waals surface area contributed by atoms with Crippen molar-refractivity contribution >= 4 is 18.0 Å². The van der Waals surface area contributed by atoms with Crippen LogP contribution in [0.5, 0.6) is 11.5 Å². The van der Waals surface area contributed by atoms with E-state index in [1.165, 1.54) is 0 Å². The number of fused-ring (bicyclic) bond motifs is 1. The van der Waals surface area contributed by atoms with Crippen molar-refractivity contribution in [1.82, 2.24) is 0 Å². The first-order valence-corrected chi connectivity index (χ1v) is 7.30. The van der Waals surface area contributed by atoms with Gasteiger partial charge in [-0.3, -0.25) is 4.79 Å². The number of aldehydes is 1. The van der Waals surface area contributed by atoms with E-state index in [2.05, 4.69) is 0 Å². The maximum atomic E-state index is 11.0. The Labute approximate surface area is 121 Å². The molecular formula is C16H14O3S. The molecule has 0 aliphatic carbocycles. The summed E-state index contributed by atoms with van der Waals surface area (Å²) in [6.45, 7) is 1.36. The minimum atomic E-state index is 0.673. The third-order valence-electron chi connectivity index (χ3n) is 2.99. The molecule has 0 unspecified atom stereocenters. The van der Waals surface area contributed by atoms with Crippen LogP contribution in [0.4, 0.5) is 0 Å². The number of ether oxygens (including phenoxy) is 2. The molecule has 0 fully saturated rings. The molecule has 3 rings (SSSR count). The summed E-state index contributed by atoms with van der Waals surface area (Å²) in [5.41, 5.74) is 0.699. The second-order valence-corrected chi connectivity index (χ2v) is 5.53. The molecule has 0 N–H and O–H groups in total. The second kappa shape index (κ2) is 6.01. The Kier molecular flexibility index (Phi) is 3.92. The molecule has 1 aliphatic heterocycles. The molecule has 1 aliphatic rings. The smallest absolute Gasteiger partial charge is 0.162 e. The fraction of sp³-hybridized carbons (Fsp3) is 0.188. The van der Waals surface area contributed by atoms with E-state index >= 15 is 0 Å². The highest BCUT2D eigenvalue weighted by Crippen LogP contribution is 2.37. The lowest BCUT2D eigenvalue weighted by molar-refractivity contribution is 0.112. The van der Waals surface area contributed by atoms with Crippen molar-refractivity contribution in [3.8, 4) is 11.5 Å². The molecule has 0 saturated carbocycles. The number of rotatable bonds is 3. The average molecular weight is 286 g/mol. The summed E-state index contributed by atoms with van der Waals surface area (Å²) >= 11 is 1.55. The minimum absolute atomic E-state index is 0.673. The third-order valence-corrected chi connectivity index (χ3v) is 4.07. The Morgan fingerprint density at radius 3 is 2.65 bits per heavy atom. The summed E-state index contributed by atoms with van der Waals surface area (Å²) in [4.78, 5) is 13.0. The molecular weight excluding hydrogens is 272 g/mol. The summed E-state index contributed by atoms with van der Waals surface area (Å²) in [5.74, 6) is 1.56. The second-order valence-electron chi connectivity index (χ2n) is 4.42. The number of benzene rings is 2. The van der Waals surface area contributed by atoms with Gasteiger partial charge in [-0.1, -0.05) is 30.0 Å². The zero-order valence-corrected chi connectivity index (χ0v) is 11.7. The summed E-state index contributed by atoms with van der Waals surface area (Å²) in [7, 11) is 0. The van der Waals surface area contributed by atoms with E-state index in [-0.39, 0.29) is 0 Å². The van der Waals surface area contributed by atoms with Gasteiger partial charge >= 0.3 is 0 Å². The Hall–Kier alpha value is -1.94. The molecule has 2 aromatic rings. The van der Waals surface area contributed by atoms with Crippen LogP contribution < -0.4 is 9.47 Å². The highest BCUT2D eigenvalue weighted by Gasteiger charge is 2.11. The Morgan fingerprint density at radius 2 is 1.80 bits per heavy atom. The van der Waals surface area contributed by atoms with Crippen LogP contribution in [0.15, 0.2) is 52.3 Å². The zero-order chi connectivity index (χ0) is 13.8. The quantitative estimate of drug-likeness (QED) is 0.804. The van der Waals surface area contributed by atoms with Crippen LogP contribution in [0, 0.1) is 0 Å². The molecule has 2 aromatic carbocycles. The van der Waals surface area contributed by atoms with E-state index in [4.69, 9.17) is 9.47 Å². The molecule has 0 spiro atoms. The predicted octanol–water partition coefficient (Wildman–Crippen LogP) is 3.81. The van der Waals surface area contributed by atoms with Gasteiger partial charge < -0.3 is 9.47 Å². The summed E-state index contributed by atoms with van der Waals surface area (Å²) in [6, 6.07) is 13.4. The van der Waals surface area contributed by atoms with Crippen molar-refractivity contribution in [3.05, 3.63) is 48.0 Å². The lowest BCUT2D eigenvalue weighted by atomic mass is 10.2. The highest BCUT2D eigenvalue weighted by atomic mass is 32.2. The van der Waals surface area contributed by atoms with Gasteiger partial charge in [0.05, 0.1) is 13.2 Å². The van der Waals surface area contributed by atoms with E-state index in [9.17, 15) is 4.79 Å². The monoisotopic (exact) mass is 286 g/mol. The molecule has 102 valence electrons.